The van der Waals surface area contributed by atoms with Crippen molar-refractivity contribution in [1.29, 1.82) is 0 Å². The van der Waals surface area contributed by atoms with Crippen LogP contribution in [-0.4, -0.2) is 58.8 Å². The van der Waals surface area contributed by atoms with Gasteiger partial charge in [-0.25, -0.2) is 0 Å². The highest BCUT2D eigenvalue weighted by atomic mass is 32.2. The van der Waals surface area contributed by atoms with E-state index in [4.69, 9.17) is 0 Å². The SMILES string of the molecule is CCS(=O)C1CCCC(NC(=NC)NCC2CCN(Cc3cccs3)CC2)C1. The first kappa shape index (κ1) is 21.8. The first-order chi connectivity index (χ1) is 13.7. The number of aliphatic imine (C=N–C) groups is 1. The van der Waals surface area contributed by atoms with Crippen molar-refractivity contribution in [3.05, 3.63) is 22.4 Å². The summed E-state index contributed by atoms with van der Waals surface area (Å²) in [6.45, 7) is 6.48. The molecule has 3 atom stereocenters. The number of hydrogen-bond acceptors (Lipinski definition) is 4. The van der Waals surface area contributed by atoms with Crippen LogP contribution in [0.3, 0.4) is 0 Å². The normalized spacial score (nSPS) is 26.1. The van der Waals surface area contributed by atoms with Gasteiger partial charge < -0.3 is 10.6 Å². The summed E-state index contributed by atoms with van der Waals surface area (Å²) in [4.78, 5) is 8.47. The number of rotatable bonds is 7. The van der Waals surface area contributed by atoms with Crippen LogP contribution in [0.4, 0.5) is 0 Å². The molecule has 0 spiro atoms. The Bertz CT molecular complexity index is 626. The zero-order valence-electron chi connectivity index (χ0n) is 17.4. The number of likely N-dealkylation sites (tertiary alicyclic amines) is 1. The van der Waals surface area contributed by atoms with Crippen LogP contribution in [0.5, 0.6) is 0 Å². The molecule has 7 heteroatoms. The molecule has 2 N–H and O–H groups in total. The van der Waals surface area contributed by atoms with Crippen LogP contribution in [0.1, 0.15) is 50.3 Å². The highest BCUT2D eigenvalue weighted by Gasteiger charge is 2.26. The molecule has 158 valence electrons. The third kappa shape index (κ3) is 6.56. The van der Waals surface area contributed by atoms with Gasteiger partial charge in [-0.1, -0.05) is 19.4 Å². The summed E-state index contributed by atoms with van der Waals surface area (Å²) in [6.07, 6.45) is 6.91. The van der Waals surface area contributed by atoms with Gasteiger partial charge in [0.1, 0.15) is 0 Å². The number of nitrogens with zero attached hydrogens (tertiary/aromatic N) is 2. The van der Waals surface area contributed by atoms with Crippen LogP contribution in [-0.2, 0) is 17.3 Å². The summed E-state index contributed by atoms with van der Waals surface area (Å²) < 4.78 is 12.2. The molecular formula is C21H36N4OS2. The molecule has 1 aromatic rings. The van der Waals surface area contributed by atoms with Gasteiger partial charge in [-0.3, -0.25) is 14.1 Å². The molecule has 1 aromatic heterocycles. The highest BCUT2D eigenvalue weighted by Crippen LogP contribution is 2.23. The maximum Gasteiger partial charge on any atom is 0.191 e. The molecule has 2 heterocycles. The van der Waals surface area contributed by atoms with Crippen molar-refractivity contribution in [1.82, 2.24) is 15.5 Å². The molecule has 2 fully saturated rings. The molecule has 0 aromatic carbocycles. The Balaban J connectivity index is 1.37. The van der Waals surface area contributed by atoms with E-state index in [-0.39, 0.29) is 0 Å². The van der Waals surface area contributed by atoms with Gasteiger partial charge in [0.25, 0.3) is 0 Å². The minimum absolute atomic E-state index is 0.349. The third-order valence-corrected chi connectivity index (χ3v) is 8.67. The Morgan fingerprint density at radius 2 is 2.14 bits per heavy atom. The fourth-order valence-corrected chi connectivity index (χ4v) is 6.45. The maximum atomic E-state index is 12.2. The van der Waals surface area contributed by atoms with E-state index in [1.165, 1.54) is 30.8 Å². The second kappa shape index (κ2) is 11.3. The molecule has 0 amide bonds. The fraction of sp³-hybridized carbons (Fsp3) is 0.762. The number of nitrogens with one attached hydrogen (secondary N) is 2. The molecule has 1 saturated heterocycles. The van der Waals surface area contributed by atoms with E-state index in [0.29, 0.717) is 17.2 Å². The Hall–Kier alpha value is -0.920. The molecule has 0 radical (unpaired) electrons. The summed E-state index contributed by atoms with van der Waals surface area (Å²) in [5.74, 6) is 2.40. The molecule has 28 heavy (non-hydrogen) atoms. The summed E-state index contributed by atoms with van der Waals surface area (Å²) >= 11 is 1.86. The van der Waals surface area contributed by atoms with Crippen LogP contribution < -0.4 is 10.6 Å². The van der Waals surface area contributed by atoms with Crippen LogP contribution in [0, 0.1) is 5.92 Å². The Morgan fingerprint density at radius 1 is 1.32 bits per heavy atom. The van der Waals surface area contributed by atoms with Crippen molar-refractivity contribution in [3.63, 3.8) is 0 Å². The van der Waals surface area contributed by atoms with Gasteiger partial charge >= 0.3 is 0 Å². The lowest BCUT2D eigenvalue weighted by Gasteiger charge is -2.33. The van der Waals surface area contributed by atoms with E-state index in [1.54, 1.807) is 0 Å². The molecule has 3 rings (SSSR count). The second-order valence-electron chi connectivity index (χ2n) is 8.05. The standard InChI is InChI=1S/C21H36N4OS2/c1-3-28(26)20-8-4-6-18(14-20)24-21(22-2)23-15-17-9-11-25(12-10-17)16-19-7-5-13-27-19/h5,7,13,17-18,20H,3-4,6,8-12,14-16H2,1-2H3,(H2,22,23,24). The lowest BCUT2D eigenvalue weighted by atomic mass is 9.95. The minimum Gasteiger partial charge on any atom is -0.356 e. The Labute approximate surface area is 176 Å². The van der Waals surface area contributed by atoms with Gasteiger partial charge in [-0.05, 0) is 62.6 Å². The van der Waals surface area contributed by atoms with Gasteiger partial charge in [0.2, 0.25) is 0 Å². The maximum absolute atomic E-state index is 12.2. The average molecular weight is 425 g/mol. The zero-order valence-corrected chi connectivity index (χ0v) is 19.0. The summed E-state index contributed by atoms with van der Waals surface area (Å²) in [5, 5.41) is 9.65. The van der Waals surface area contributed by atoms with Crippen molar-refractivity contribution in [2.75, 3.05) is 32.4 Å². The molecule has 1 aliphatic carbocycles. The molecule has 0 bridgehead atoms. The lowest BCUT2D eigenvalue weighted by Crippen LogP contribution is -2.48. The van der Waals surface area contributed by atoms with Crippen LogP contribution in [0.2, 0.25) is 0 Å². The highest BCUT2D eigenvalue weighted by molar-refractivity contribution is 7.85. The van der Waals surface area contributed by atoms with Gasteiger partial charge in [0.15, 0.2) is 5.96 Å². The van der Waals surface area contributed by atoms with Gasteiger partial charge in [0, 0.05) is 52.9 Å². The molecular weight excluding hydrogens is 388 g/mol. The average Bonchev–Trinajstić information content (AvgIpc) is 3.24. The van der Waals surface area contributed by atoms with Crippen LogP contribution >= 0.6 is 11.3 Å². The van der Waals surface area contributed by atoms with Gasteiger partial charge in [-0.15, -0.1) is 11.3 Å². The van der Waals surface area contributed by atoms with Crippen LogP contribution in [0.15, 0.2) is 22.5 Å². The number of hydrogen-bond donors (Lipinski definition) is 2. The number of thiophene rings is 1. The zero-order chi connectivity index (χ0) is 19.8. The van der Waals surface area contributed by atoms with Gasteiger partial charge in [-0.2, -0.15) is 0 Å². The minimum atomic E-state index is -0.678. The molecule has 1 aliphatic heterocycles. The van der Waals surface area contributed by atoms with Crippen molar-refractivity contribution in [2.45, 2.75) is 63.3 Å². The Kier molecular flexibility index (Phi) is 8.80. The van der Waals surface area contributed by atoms with Gasteiger partial charge in [0.05, 0.1) is 0 Å². The predicted molar refractivity (Wildman–Crippen MR) is 122 cm³/mol. The summed E-state index contributed by atoms with van der Waals surface area (Å²) in [6, 6.07) is 4.77. The second-order valence-corrected chi connectivity index (χ2v) is 11.1. The summed E-state index contributed by atoms with van der Waals surface area (Å²) in [7, 11) is 1.17. The Morgan fingerprint density at radius 3 is 2.82 bits per heavy atom. The van der Waals surface area contributed by atoms with Crippen molar-refractivity contribution < 1.29 is 4.21 Å². The third-order valence-electron chi connectivity index (χ3n) is 6.07. The topological polar surface area (TPSA) is 56.7 Å². The van der Waals surface area contributed by atoms with E-state index < -0.39 is 10.8 Å². The predicted octanol–water partition coefficient (Wildman–Crippen LogP) is 3.20. The quantitative estimate of drug-likeness (QED) is 0.521. The van der Waals surface area contributed by atoms with E-state index in [0.717, 1.165) is 50.5 Å². The van der Waals surface area contributed by atoms with Crippen molar-refractivity contribution >= 4 is 28.1 Å². The molecule has 5 nitrogen and oxygen atoms in total. The van der Waals surface area contributed by atoms with Crippen molar-refractivity contribution in [3.8, 4) is 0 Å². The molecule has 3 unspecified atom stereocenters. The van der Waals surface area contributed by atoms with Crippen molar-refractivity contribution in [2.24, 2.45) is 10.9 Å². The summed E-state index contributed by atoms with van der Waals surface area (Å²) in [5.41, 5.74) is 0. The largest absolute Gasteiger partial charge is 0.356 e. The number of guanidine groups is 1. The number of piperidine rings is 1. The van der Waals surface area contributed by atoms with E-state index in [1.807, 2.05) is 25.3 Å². The smallest absolute Gasteiger partial charge is 0.191 e. The lowest BCUT2D eigenvalue weighted by molar-refractivity contribution is 0.179. The first-order valence-corrected chi connectivity index (χ1v) is 13.0. The fourth-order valence-electron chi connectivity index (χ4n) is 4.35. The monoisotopic (exact) mass is 424 g/mol. The molecule has 1 saturated carbocycles. The first-order valence-electron chi connectivity index (χ1n) is 10.8. The van der Waals surface area contributed by atoms with E-state index in [2.05, 4.69) is 38.0 Å². The van der Waals surface area contributed by atoms with E-state index in [9.17, 15) is 4.21 Å². The van der Waals surface area contributed by atoms with Crippen LogP contribution in [0.25, 0.3) is 0 Å². The molecule has 2 aliphatic rings. The van der Waals surface area contributed by atoms with E-state index >= 15 is 0 Å².